The zero-order chi connectivity index (χ0) is 16.5. The van der Waals surface area contributed by atoms with E-state index in [1.54, 1.807) is 0 Å². The fraction of sp³-hybridized carbons (Fsp3) is 0.556. The van der Waals surface area contributed by atoms with Gasteiger partial charge in [0.2, 0.25) is 0 Å². The van der Waals surface area contributed by atoms with E-state index in [0.29, 0.717) is 0 Å². The van der Waals surface area contributed by atoms with Crippen molar-refractivity contribution in [1.82, 2.24) is 5.32 Å². The molecule has 1 aliphatic carbocycles. The number of ether oxygens (including phenoxy) is 1. The number of carbonyl (C=O) groups is 2. The Hall–Kier alpha value is -1.36. The Labute approximate surface area is 146 Å². The summed E-state index contributed by atoms with van der Waals surface area (Å²) in [6.07, 6.45) is 6.13. The Kier molecular flexibility index (Phi) is 7.59. The lowest BCUT2D eigenvalue weighted by atomic mass is 9.89. The average Bonchev–Trinajstić information content (AvgIpc) is 2.87. The Morgan fingerprint density at radius 3 is 2.39 bits per heavy atom. The van der Waals surface area contributed by atoms with Gasteiger partial charge in [0.25, 0.3) is 0 Å². The van der Waals surface area contributed by atoms with Crippen LogP contribution < -0.4 is 5.32 Å². The highest BCUT2D eigenvalue weighted by atomic mass is 79.9. The molecule has 0 aromatic heterocycles. The number of alkyl carbamates (subject to hydrolysis) is 1. The summed E-state index contributed by atoms with van der Waals surface area (Å²) in [5.41, 5.74) is 0.931. The van der Waals surface area contributed by atoms with Gasteiger partial charge in [-0.05, 0) is 24.3 Å². The molecule has 4 nitrogen and oxygen atoms in total. The molecule has 0 radical (unpaired) electrons. The van der Waals surface area contributed by atoms with E-state index in [2.05, 4.69) is 21.2 Å². The van der Waals surface area contributed by atoms with E-state index < -0.39 is 12.1 Å². The minimum absolute atomic E-state index is 0.0218. The van der Waals surface area contributed by atoms with Gasteiger partial charge in [-0.2, -0.15) is 0 Å². The molecular formula is C18H24BrNO3. The first-order valence-electron chi connectivity index (χ1n) is 8.26. The number of Topliss-reactive ketones (excluding diaryl/α,β-unsaturated/α-hetero) is 1. The zero-order valence-corrected chi connectivity index (χ0v) is 14.9. The first-order chi connectivity index (χ1) is 11.2. The van der Waals surface area contributed by atoms with Crippen molar-refractivity contribution in [2.75, 3.05) is 5.33 Å². The van der Waals surface area contributed by atoms with Crippen molar-refractivity contribution in [3.05, 3.63) is 35.9 Å². The lowest BCUT2D eigenvalue weighted by molar-refractivity contribution is -0.119. The monoisotopic (exact) mass is 381 g/mol. The van der Waals surface area contributed by atoms with Crippen molar-refractivity contribution in [2.24, 2.45) is 5.92 Å². The van der Waals surface area contributed by atoms with Crippen molar-refractivity contribution in [2.45, 2.75) is 51.2 Å². The predicted molar refractivity (Wildman–Crippen MR) is 93.5 cm³/mol. The van der Waals surface area contributed by atoms with E-state index in [9.17, 15) is 9.59 Å². The third-order valence-electron chi connectivity index (χ3n) is 4.34. The maximum atomic E-state index is 12.2. The van der Waals surface area contributed by atoms with E-state index in [1.165, 1.54) is 12.8 Å². The van der Waals surface area contributed by atoms with Gasteiger partial charge < -0.3 is 10.1 Å². The molecule has 0 spiro atoms. The number of rotatable bonds is 6. The minimum atomic E-state index is -0.516. The summed E-state index contributed by atoms with van der Waals surface area (Å²) >= 11 is 3.23. The maximum absolute atomic E-state index is 12.2. The molecule has 126 valence electrons. The SMILES string of the molecule is O=C(NC(C(=O)CBr)C1CCCCCC1)OCc1ccccc1. The Morgan fingerprint density at radius 2 is 1.78 bits per heavy atom. The molecule has 0 bridgehead atoms. The van der Waals surface area contributed by atoms with Gasteiger partial charge in [0.1, 0.15) is 6.61 Å². The molecule has 1 fully saturated rings. The predicted octanol–water partition coefficient (Wildman–Crippen LogP) is 4.22. The summed E-state index contributed by atoms with van der Waals surface area (Å²) in [5, 5.41) is 3.05. The second-order valence-electron chi connectivity index (χ2n) is 6.04. The van der Waals surface area contributed by atoms with Crippen molar-refractivity contribution in [3.8, 4) is 0 Å². The van der Waals surface area contributed by atoms with Gasteiger partial charge >= 0.3 is 6.09 Å². The third-order valence-corrected chi connectivity index (χ3v) is 4.89. The number of nitrogens with one attached hydrogen (secondary N) is 1. The van der Waals surface area contributed by atoms with Crippen LogP contribution in [0.3, 0.4) is 0 Å². The van der Waals surface area contributed by atoms with E-state index >= 15 is 0 Å². The van der Waals surface area contributed by atoms with Crippen LogP contribution in [0.5, 0.6) is 0 Å². The van der Waals surface area contributed by atoms with Crippen LogP contribution in [-0.4, -0.2) is 23.2 Å². The minimum Gasteiger partial charge on any atom is -0.445 e. The van der Waals surface area contributed by atoms with Crippen molar-refractivity contribution in [1.29, 1.82) is 0 Å². The van der Waals surface area contributed by atoms with Gasteiger partial charge in [0, 0.05) is 0 Å². The highest BCUT2D eigenvalue weighted by molar-refractivity contribution is 9.09. The molecule has 1 unspecified atom stereocenters. The quantitative estimate of drug-likeness (QED) is 0.592. The standard InChI is InChI=1S/C18H24BrNO3/c19-12-16(21)17(15-10-6-1-2-7-11-15)20-18(22)23-13-14-8-4-3-5-9-14/h3-5,8-9,15,17H,1-2,6-7,10-13H2,(H,20,22). The van der Waals surface area contributed by atoms with Gasteiger partial charge in [-0.3, -0.25) is 4.79 Å². The normalized spacial score (nSPS) is 17.1. The molecule has 23 heavy (non-hydrogen) atoms. The number of benzene rings is 1. The molecule has 1 amide bonds. The van der Waals surface area contributed by atoms with E-state index in [1.807, 2.05) is 30.3 Å². The van der Waals surface area contributed by atoms with Gasteiger partial charge in [-0.15, -0.1) is 0 Å². The summed E-state index contributed by atoms with van der Waals surface area (Å²) in [5.74, 6) is 0.236. The molecule has 1 saturated carbocycles. The smallest absolute Gasteiger partial charge is 0.408 e. The van der Waals surface area contributed by atoms with Crippen LogP contribution in [-0.2, 0) is 16.1 Å². The summed E-state index contributed by atoms with van der Waals surface area (Å²) in [7, 11) is 0. The number of carbonyl (C=O) groups excluding carboxylic acids is 2. The van der Waals surface area contributed by atoms with Crippen LogP contribution in [0.1, 0.15) is 44.1 Å². The number of halogens is 1. The third kappa shape index (κ3) is 5.98. The molecule has 0 aliphatic heterocycles. The van der Waals surface area contributed by atoms with E-state index in [-0.39, 0.29) is 23.6 Å². The van der Waals surface area contributed by atoms with E-state index in [4.69, 9.17) is 4.74 Å². The average molecular weight is 382 g/mol. The molecule has 1 N–H and O–H groups in total. The number of hydrogen-bond donors (Lipinski definition) is 1. The topological polar surface area (TPSA) is 55.4 Å². The number of hydrogen-bond acceptors (Lipinski definition) is 3. The molecule has 0 heterocycles. The molecule has 2 rings (SSSR count). The highest BCUT2D eigenvalue weighted by Gasteiger charge is 2.29. The summed E-state index contributed by atoms with van der Waals surface area (Å²) in [6, 6.07) is 9.08. The first-order valence-corrected chi connectivity index (χ1v) is 9.38. The second kappa shape index (κ2) is 9.71. The molecule has 0 saturated heterocycles. The molecular weight excluding hydrogens is 358 g/mol. The number of alkyl halides is 1. The van der Waals surface area contributed by atoms with Crippen LogP contribution in [0.25, 0.3) is 0 Å². The summed E-state index contributed by atoms with van der Waals surface area (Å²) in [6.45, 7) is 0.215. The van der Waals surface area contributed by atoms with Crippen LogP contribution >= 0.6 is 15.9 Å². The molecule has 1 atom stereocenters. The van der Waals surface area contributed by atoms with Crippen LogP contribution in [0.2, 0.25) is 0 Å². The Morgan fingerprint density at radius 1 is 1.13 bits per heavy atom. The zero-order valence-electron chi connectivity index (χ0n) is 13.3. The molecule has 1 aromatic rings. The summed E-state index contributed by atoms with van der Waals surface area (Å²) < 4.78 is 5.26. The van der Waals surface area contributed by atoms with Gasteiger partial charge in [-0.25, -0.2) is 4.79 Å². The fourth-order valence-electron chi connectivity index (χ4n) is 3.08. The first kappa shape index (κ1) is 18.0. The van der Waals surface area contributed by atoms with Crippen molar-refractivity contribution in [3.63, 3.8) is 0 Å². The van der Waals surface area contributed by atoms with Crippen LogP contribution in [0.15, 0.2) is 30.3 Å². The number of ketones is 1. The number of amides is 1. The van der Waals surface area contributed by atoms with Gasteiger partial charge in [0.15, 0.2) is 5.78 Å². The molecule has 1 aromatic carbocycles. The van der Waals surface area contributed by atoms with Crippen LogP contribution in [0.4, 0.5) is 4.79 Å². The van der Waals surface area contributed by atoms with Crippen LogP contribution in [0, 0.1) is 5.92 Å². The van der Waals surface area contributed by atoms with Gasteiger partial charge in [0.05, 0.1) is 11.4 Å². The highest BCUT2D eigenvalue weighted by Crippen LogP contribution is 2.26. The Bertz CT molecular complexity index is 498. The summed E-state index contributed by atoms with van der Waals surface area (Å²) in [4.78, 5) is 24.3. The maximum Gasteiger partial charge on any atom is 0.408 e. The molecule has 1 aliphatic rings. The largest absolute Gasteiger partial charge is 0.445 e. The lowest BCUT2D eigenvalue weighted by Gasteiger charge is -2.25. The molecule has 5 heteroatoms. The van der Waals surface area contributed by atoms with Crippen molar-refractivity contribution >= 4 is 27.8 Å². The fourth-order valence-corrected chi connectivity index (χ4v) is 3.43. The lowest BCUT2D eigenvalue weighted by Crippen LogP contribution is -2.46. The van der Waals surface area contributed by atoms with Crippen molar-refractivity contribution < 1.29 is 14.3 Å². The van der Waals surface area contributed by atoms with Gasteiger partial charge in [-0.1, -0.05) is 71.9 Å². The van der Waals surface area contributed by atoms with E-state index in [0.717, 1.165) is 31.2 Å². The second-order valence-corrected chi connectivity index (χ2v) is 6.60. The Balaban J connectivity index is 1.91.